The molecule has 2 aromatic rings. The Kier molecular flexibility index (Phi) is 3.94. The Hall–Kier alpha value is -2.42. The third kappa shape index (κ3) is 3.57. The molecule has 0 aliphatic rings. The van der Waals surface area contributed by atoms with Crippen LogP contribution in [0.15, 0.2) is 24.3 Å². The van der Waals surface area contributed by atoms with E-state index in [9.17, 15) is 17.6 Å². The van der Waals surface area contributed by atoms with Gasteiger partial charge in [0.1, 0.15) is 5.82 Å². The Balaban J connectivity index is 2.42. The van der Waals surface area contributed by atoms with Crippen molar-refractivity contribution in [2.75, 3.05) is 5.43 Å². The molecule has 0 bridgehead atoms. The number of hydrogen-bond acceptors (Lipinski definition) is 5. The number of nitrogens with one attached hydrogen (secondary N) is 1. The van der Waals surface area contributed by atoms with Crippen molar-refractivity contribution in [3.63, 3.8) is 0 Å². The number of ether oxygens (including phenoxy) is 1. The van der Waals surface area contributed by atoms with Gasteiger partial charge in [-0.15, -0.1) is 0 Å². The van der Waals surface area contributed by atoms with Gasteiger partial charge >= 0.3 is 6.18 Å². The monoisotopic (exact) mass is 302 g/mol. The van der Waals surface area contributed by atoms with E-state index in [1.807, 2.05) is 5.43 Å². The average molecular weight is 302 g/mol. The van der Waals surface area contributed by atoms with E-state index in [2.05, 4.69) is 9.97 Å². The summed E-state index contributed by atoms with van der Waals surface area (Å²) in [5, 5.41) is 0. The van der Waals surface area contributed by atoms with Gasteiger partial charge in [0.15, 0.2) is 11.6 Å². The first kappa shape index (κ1) is 15.0. The summed E-state index contributed by atoms with van der Waals surface area (Å²) in [5.41, 5.74) is 2.64. The van der Waals surface area contributed by atoms with E-state index in [4.69, 9.17) is 10.6 Å². The maximum absolute atomic E-state index is 13.5. The molecule has 9 heteroatoms. The van der Waals surface area contributed by atoms with Gasteiger partial charge in [-0.25, -0.2) is 15.2 Å². The molecule has 1 aromatic carbocycles. The second-order valence-electron chi connectivity index (χ2n) is 4.09. The van der Waals surface area contributed by atoms with Gasteiger partial charge in [-0.05, 0) is 24.6 Å². The van der Waals surface area contributed by atoms with Gasteiger partial charge in [-0.1, -0.05) is 6.07 Å². The Morgan fingerprint density at radius 1 is 1.19 bits per heavy atom. The molecule has 1 heterocycles. The first-order chi connectivity index (χ1) is 9.79. The van der Waals surface area contributed by atoms with Crippen molar-refractivity contribution in [2.24, 2.45) is 5.84 Å². The normalized spacial score (nSPS) is 11.3. The third-order valence-corrected chi connectivity index (χ3v) is 2.41. The molecular formula is C12H10F4N4O. The van der Waals surface area contributed by atoms with Crippen LogP contribution in [0.25, 0.3) is 0 Å². The van der Waals surface area contributed by atoms with E-state index >= 15 is 0 Å². The van der Waals surface area contributed by atoms with Gasteiger partial charge in [-0.2, -0.15) is 18.2 Å². The topological polar surface area (TPSA) is 73.1 Å². The second-order valence-corrected chi connectivity index (χ2v) is 4.09. The van der Waals surface area contributed by atoms with Crippen LogP contribution in [0.4, 0.5) is 23.4 Å². The first-order valence-corrected chi connectivity index (χ1v) is 5.66. The first-order valence-electron chi connectivity index (χ1n) is 5.66. The van der Waals surface area contributed by atoms with Gasteiger partial charge < -0.3 is 10.2 Å². The molecule has 5 nitrogen and oxygen atoms in total. The van der Waals surface area contributed by atoms with Crippen LogP contribution in [0.2, 0.25) is 0 Å². The minimum Gasteiger partial charge on any atom is -0.436 e. The molecule has 0 spiro atoms. The molecule has 0 fully saturated rings. The Morgan fingerprint density at radius 3 is 2.52 bits per heavy atom. The minimum atomic E-state index is -4.78. The van der Waals surface area contributed by atoms with E-state index < -0.39 is 23.7 Å². The van der Waals surface area contributed by atoms with E-state index in [-0.39, 0.29) is 11.6 Å². The predicted octanol–water partition coefficient (Wildman–Crippen LogP) is 3.02. The molecule has 0 saturated heterocycles. The molecule has 2 rings (SSSR count). The van der Waals surface area contributed by atoms with Crippen LogP contribution >= 0.6 is 0 Å². The molecule has 21 heavy (non-hydrogen) atoms. The SMILES string of the molecule is Cc1ccc(F)c(Oc2cc(NN)nc(C(F)(F)F)n2)c1. The number of hydrogen-bond donors (Lipinski definition) is 2. The summed E-state index contributed by atoms with van der Waals surface area (Å²) in [6.07, 6.45) is -4.78. The Bertz CT molecular complexity index is 660. The highest BCUT2D eigenvalue weighted by atomic mass is 19.4. The van der Waals surface area contributed by atoms with Gasteiger partial charge in [0.05, 0.1) is 0 Å². The van der Waals surface area contributed by atoms with Gasteiger partial charge in [0.25, 0.3) is 0 Å². The van der Waals surface area contributed by atoms with Crippen LogP contribution in [0.5, 0.6) is 11.6 Å². The highest BCUT2D eigenvalue weighted by Crippen LogP contribution is 2.31. The smallest absolute Gasteiger partial charge is 0.436 e. The number of rotatable bonds is 3. The zero-order valence-corrected chi connectivity index (χ0v) is 10.7. The summed E-state index contributed by atoms with van der Waals surface area (Å²) in [6.45, 7) is 1.68. The van der Waals surface area contributed by atoms with Crippen molar-refractivity contribution in [2.45, 2.75) is 13.1 Å². The fourth-order valence-electron chi connectivity index (χ4n) is 1.48. The molecule has 0 aliphatic carbocycles. The Labute approximate surface area is 116 Å². The molecule has 0 amide bonds. The number of benzene rings is 1. The van der Waals surface area contributed by atoms with Crippen LogP contribution in [0, 0.1) is 12.7 Å². The zero-order valence-electron chi connectivity index (χ0n) is 10.7. The summed E-state index contributed by atoms with van der Waals surface area (Å²) < 4.78 is 56.5. The van der Waals surface area contributed by atoms with Gasteiger partial charge in [-0.3, -0.25) is 0 Å². The lowest BCUT2D eigenvalue weighted by Crippen LogP contribution is -2.16. The van der Waals surface area contributed by atoms with Crippen LogP contribution in [-0.4, -0.2) is 9.97 Å². The molecule has 0 atom stereocenters. The van der Waals surface area contributed by atoms with Crippen molar-refractivity contribution in [1.29, 1.82) is 0 Å². The van der Waals surface area contributed by atoms with E-state index in [0.29, 0.717) is 5.56 Å². The lowest BCUT2D eigenvalue weighted by molar-refractivity contribution is -0.145. The molecular weight excluding hydrogens is 292 g/mol. The maximum Gasteiger partial charge on any atom is 0.451 e. The number of nitrogens with zero attached hydrogens (tertiary/aromatic N) is 2. The van der Waals surface area contributed by atoms with Crippen LogP contribution in [-0.2, 0) is 6.18 Å². The summed E-state index contributed by atoms with van der Waals surface area (Å²) >= 11 is 0. The highest BCUT2D eigenvalue weighted by molar-refractivity contribution is 5.40. The van der Waals surface area contributed by atoms with Crippen molar-refractivity contribution >= 4 is 5.82 Å². The minimum absolute atomic E-state index is 0.246. The lowest BCUT2D eigenvalue weighted by Gasteiger charge is -2.11. The number of aromatic nitrogens is 2. The average Bonchev–Trinajstić information content (AvgIpc) is 2.41. The molecule has 0 aliphatic heterocycles. The number of aryl methyl sites for hydroxylation is 1. The number of halogens is 4. The molecule has 0 radical (unpaired) electrons. The van der Waals surface area contributed by atoms with Crippen molar-refractivity contribution in [3.05, 3.63) is 41.5 Å². The number of alkyl halides is 3. The Morgan fingerprint density at radius 2 is 1.90 bits per heavy atom. The summed E-state index contributed by atoms with van der Waals surface area (Å²) in [5.74, 6) is 1.84. The van der Waals surface area contributed by atoms with E-state index in [0.717, 1.165) is 12.1 Å². The molecule has 112 valence electrons. The maximum atomic E-state index is 13.5. The van der Waals surface area contributed by atoms with Crippen molar-refractivity contribution in [3.8, 4) is 11.6 Å². The molecule has 3 N–H and O–H groups in total. The van der Waals surface area contributed by atoms with Crippen LogP contribution in [0.1, 0.15) is 11.4 Å². The third-order valence-electron chi connectivity index (χ3n) is 2.41. The fraction of sp³-hybridized carbons (Fsp3) is 0.167. The molecule has 1 aromatic heterocycles. The quantitative estimate of drug-likeness (QED) is 0.518. The molecule has 0 saturated carbocycles. The highest BCUT2D eigenvalue weighted by Gasteiger charge is 2.35. The summed E-state index contributed by atoms with van der Waals surface area (Å²) in [4.78, 5) is 6.36. The van der Waals surface area contributed by atoms with E-state index in [1.54, 1.807) is 6.92 Å². The van der Waals surface area contributed by atoms with Crippen molar-refractivity contribution < 1.29 is 22.3 Å². The lowest BCUT2D eigenvalue weighted by atomic mass is 10.2. The van der Waals surface area contributed by atoms with E-state index in [1.165, 1.54) is 12.1 Å². The fourth-order valence-corrected chi connectivity index (χ4v) is 1.48. The molecule has 0 unspecified atom stereocenters. The number of nitrogens with two attached hydrogens (primary N) is 1. The number of hydrazine groups is 1. The largest absolute Gasteiger partial charge is 0.451 e. The van der Waals surface area contributed by atoms with Crippen LogP contribution < -0.4 is 16.0 Å². The van der Waals surface area contributed by atoms with Gasteiger partial charge in [0.2, 0.25) is 11.7 Å². The second kappa shape index (κ2) is 5.52. The zero-order chi connectivity index (χ0) is 15.6. The summed E-state index contributed by atoms with van der Waals surface area (Å²) in [7, 11) is 0. The van der Waals surface area contributed by atoms with Gasteiger partial charge in [0, 0.05) is 6.07 Å². The summed E-state index contributed by atoms with van der Waals surface area (Å²) in [6, 6.07) is 4.99. The van der Waals surface area contributed by atoms with Crippen molar-refractivity contribution in [1.82, 2.24) is 9.97 Å². The van der Waals surface area contributed by atoms with Crippen LogP contribution in [0.3, 0.4) is 0 Å². The predicted molar refractivity (Wildman–Crippen MR) is 66.1 cm³/mol. The standard InChI is InChI=1S/C12H10F4N4O/c1-6-2-3-7(13)8(4-6)21-10-5-9(20-17)18-11(19-10)12(14,15)16/h2-5H,17H2,1H3,(H,18,19,20). The number of anilines is 1. The number of nitrogen functional groups attached to an aromatic ring is 1.